The summed E-state index contributed by atoms with van der Waals surface area (Å²) in [5.74, 6) is -1.17. The maximum Gasteiger partial charge on any atom is 0.335 e. The zero-order valence-electron chi connectivity index (χ0n) is 25.2. The third-order valence-electron chi connectivity index (χ3n) is 8.86. The van der Waals surface area contributed by atoms with Crippen molar-refractivity contribution < 1.29 is 19.3 Å². The number of aromatic nitrogens is 1. The van der Waals surface area contributed by atoms with E-state index in [0.29, 0.717) is 12.1 Å². The van der Waals surface area contributed by atoms with Crippen molar-refractivity contribution in [2.75, 3.05) is 13.3 Å². The van der Waals surface area contributed by atoms with Gasteiger partial charge in [-0.05, 0) is 102 Å². The van der Waals surface area contributed by atoms with Crippen LogP contribution in [0.4, 0.5) is 0 Å². The molecule has 0 bridgehead atoms. The Balaban J connectivity index is 1.31. The van der Waals surface area contributed by atoms with Crippen LogP contribution in [0.15, 0.2) is 115 Å². The number of carbonyl (C=O) groups excluding carboxylic acids is 1. The fraction of sp³-hybridized carbons (Fsp3) is 0.158. The molecule has 2 N–H and O–H groups in total. The van der Waals surface area contributed by atoms with Gasteiger partial charge in [-0.25, -0.2) is 4.79 Å². The molecule has 1 heterocycles. The van der Waals surface area contributed by atoms with Gasteiger partial charge < -0.3 is 19.6 Å². The highest BCUT2D eigenvalue weighted by atomic mass is 31.2. The van der Waals surface area contributed by atoms with Crippen molar-refractivity contribution in [3.8, 4) is 11.1 Å². The molecule has 5 aromatic carbocycles. The van der Waals surface area contributed by atoms with Crippen molar-refractivity contribution >= 4 is 46.0 Å². The van der Waals surface area contributed by atoms with Crippen molar-refractivity contribution in [1.82, 2.24) is 9.88 Å². The first-order valence-corrected chi connectivity index (χ1v) is 17.6. The van der Waals surface area contributed by atoms with Gasteiger partial charge in [0.15, 0.2) is 0 Å². The quantitative estimate of drug-likeness (QED) is 0.171. The average molecular weight is 613 g/mol. The largest absolute Gasteiger partial charge is 0.478 e. The molecular formula is C38H33N2O4P. The van der Waals surface area contributed by atoms with Crippen LogP contribution >= 0.6 is 7.14 Å². The van der Waals surface area contributed by atoms with Gasteiger partial charge in [0.1, 0.15) is 7.14 Å². The minimum Gasteiger partial charge on any atom is -0.478 e. The van der Waals surface area contributed by atoms with Gasteiger partial charge in [0.2, 0.25) is 0 Å². The number of rotatable bonds is 8. The van der Waals surface area contributed by atoms with Crippen molar-refractivity contribution in [2.45, 2.75) is 24.9 Å². The summed E-state index contributed by atoms with van der Waals surface area (Å²) < 4.78 is 15.0. The summed E-state index contributed by atoms with van der Waals surface area (Å²) in [7, 11) is -2.48. The van der Waals surface area contributed by atoms with Gasteiger partial charge in [0.25, 0.3) is 5.91 Å². The third kappa shape index (κ3) is 5.58. The van der Waals surface area contributed by atoms with Crippen LogP contribution in [0.1, 0.15) is 44.7 Å². The highest BCUT2D eigenvalue weighted by Gasteiger charge is 2.46. The Morgan fingerprint density at radius 1 is 0.800 bits per heavy atom. The molecule has 1 saturated carbocycles. The fourth-order valence-electron chi connectivity index (χ4n) is 6.20. The molecule has 1 amide bonds. The molecule has 0 saturated heterocycles. The molecule has 0 unspecified atom stereocenters. The Morgan fingerprint density at radius 3 is 2.27 bits per heavy atom. The van der Waals surface area contributed by atoms with E-state index < -0.39 is 18.7 Å². The van der Waals surface area contributed by atoms with E-state index >= 15 is 0 Å². The average Bonchev–Trinajstić information content (AvgIpc) is 3.71. The fourth-order valence-corrected chi connectivity index (χ4v) is 7.10. The molecule has 0 atom stereocenters. The minimum absolute atomic E-state index is 0.187. The lowest BCUT2D eigenvalue weighted by atomic mass is 9.98. The predicted molar refractivity (Wildman–Crippen MR) is 181 cm³/mol. The maximum atomic E-state index is 14.3. The summed E-state index contributed by atoms with van der Waals surface area (Å²) in [6.45, 7) is 4.12. The highest BCUT2D eigenvalue weighted by molar-refractivity contribution is 7.70. The number of carboxylic acid groups (broad SMARTS) is 1. The van der Waals surface area contributed by atoms with E-state index in [2.05, 4.69) is 46.3 Å². The number of nitrogens with one attached hydrogen (secondary N) is 1. The number of amides is 1. The summed E-state index contributed by atoms with van der Waals surface area (Å²) in [6, 6.07) is 35.3. The van der Waals surface area contributed by atoms with Crippen molar-refractivity contribution in [3.63, 3.8) is 0 Å². The number of fused-ring (bicyclic) bond motifs is 2. The van der Waals surface area contributed by atoms with Gasteiger partial charge >= 0.3 is 5.97 Å². The number of hydrogen-bond donors (Lipinski definition) is 2. The molecule has 7 rings (SSSR count). The summed E-state index contributed by atoms with van der Waals surface area (Å²) >= 11 is 0. The molecule has 45 heavy (non-hydrogen) atoms. The zero-order chi connectivity index (χ0) is 31.3. The summed E-state index contributed by atoms with van der Waals surface area (Å²) in [5.41, 5.74) is 4.89. The zero-order valence-corrected chi connectivity index (χ0v) is 26.1. The van der Waals surface area contributed by atoms with E-state index in [1.54, 1.807) is 37.6 Å². The Kier molecular flexibility index (Phi) is 6.98. The van der Waals surface area contributed by atoms with Gasteiger partial charge in [-0.2, -0.15) is 0 Å². The standard InChI is InChI=1S/C38H33N2O4P/c1-45(2,44)33-9-5-8-29(22-33)31-21-30-16-19-40(24-25-10-11-26-6-3-4-7-28(26)20-25)35(30)34(23-31)36(41)39-38(17-18-38)32-14-12-27(13-15-32)37(42)43/h3-16,19-23H,17-18,24H2,1-2H3,(H,39,41)(H,42,43). The van der Waals surface area contributed by atoms with E-state index in [9.17, 15) is 19.3 Å². The van der Waals surface area contributed by atoms with Crippen LogP contribution in [0.3, 0.4) is 0 Å². The second kappa shape index (κ2) is 10.9. The SMILES string of the molecule is CP(C)(=O)c1cccc(-c2cc(C(=O)NC3(c4ccc(C(=O)O)cc4)CC3)c3c(ccn3Cc3ccc4ccccc4c3)c2)c1. The lowest BCUT2D eigenvalue weighted by molar-refractivity contribution is 0.0696. The topological polar surface area (TPSA) is 88.4 Å². The summed E-state index contributed by atoms with van der Waals surface area (Å²) in [4.78, 5) is 25.7. The predicted octanol–water partition coefficient (Wildman–Crippen LogP) is 7.88. The first kappa shape index (κ1) is 28.8. The number of carbonyl (C=O) groups is 2. The Bertz CT molecular complexity index is 2170. The second-order valence-electron chi connectivity index (χ2n) is 12.4. The van der Waals surface area contributed by atoms with E-state index in [-0.39, 0.29) is 11.5 Å². The van der Waals surface area contributed by atoms with Crippen molar-refractivity contribution in [2.24, 2.45) is 0 Å². The second-order valence-corrected chi connectivity index (χ2v) is 15.6. The minimum atomic E-state index is -2.48. The van der Waals surface area contributed by atoms with Gasteiger partial charge in [-0.15, -0.1) is 0 Å². The number of benzene rings is 5. The third-order valence-corrected chi connectivity index (χ3v) is 10.4. The highest BCUT2D eigenvalue weighted by Crippen LogP contribution is 2.46. The maximum absolute atomic E-state index is 14.3. The number of hydrogen-bond acceptors (Lipinski definition) is 3. The Morgan fingerprint density at radius 2 is 1.56 bits per heavy atom. The van der Waals surface area contributed by atoms with Crippen LogP contribution < -0.4 is 10.6 Å². The molecule has 0 spiro atoms. The van der Waals surface area contributed by atoms with Crippen LogP contribution in [-0.2, 0) is 16.6 Å². The van der Waals surface area contributed by atoms with Crippen LogP contribution in [0.5, 0.6) is 0 Å². The molecule has 6 nitrogen and oxygen atoms in total. The van der Waals surface area contributed by atoms with Gasteiger partial charge in [0, 0.05) is 23.4 Å². The molecular weight excluding hydrogens is 579 g/mol. The monoisotopic (exact) mass is 612 g/mol. The van der Waals surface area contributed by atoms with Crippen molar-refractivity contribution in [1.29, 1.82) is 0 Å². The van der Waals surface area contributed by atoms with Crippen LogP contribution in [-0.4, -0.2) is 34.9 Å². The number of carboxylic acids is 1. The van der Waals surface area contributed by atoms with E-state index in [1.165, 1.54) is 10.8 Å². The van der Waals surface area contributed by atoms with Gasteiger partial charge in [-0.3, -0.25) is 4.79 Å². The smallest absolute Gasteiger partial charge is 0.335 e. The Hall–Kier alpha value is -4.93. The molecule has 6 aromatic rings. The molecule has 224 valence electrons. The van der Waals surface area contributed by atoms with Gasteiger partial charge in [-0.1, -0.05) is 66.7 Å². The molecule has 7 heteroatoms. The van der Waals surface area contributed by atoms with E-state index in [0.717, 1.165) is 51.3 Å². The lowest BCUT2D eigenvalue weighted by Crippen LogP contribution is -2.35. The van der Waals surface area contributed by atoms with Gasteiger partial charge in [0.05, 0.1) is 22.2 Å². The van der Waals surface area contributed by atoms with Crippen molar-refractivity contribution in [3.05, 3.63) is 138 Å². The first-order chi connectivity index (χ1) is 21.6. The normalized spacial score (nSPS) is 14.0. The van der Waals surface area contributed by atoms with Crippen LogP contribution in [0, 0.1) is 0 Å². The van der Waals surface area contributed by atoms with Crippen LogP contribution in [0.2, 0.25) is 0 Å². The molecule has 1 aliphatic rings. The molecule has 1 aromatic heterocycles. The lowest BCUT2D eigenvalue weighted by Gasteiger charge is -2.20. The Labute approximate surface area is 261 Å². The molecule has 0 aliphatic heterocycles. The molecule has 0 radical (unpaired) electrons. The summed E-state index contributed by atoms with van der Waals surface area (Å²) in [5, 5.41) is 16.7. The molecule has 1 aliphatic carbocycles. The molecule has 1 fully saturated rings. The first-order valence-electron chi connectivity index (χ1n) is 15.0. The van der Waals surface area contributed by atoms with E-state index in [1.807, 2.05) is 54.7 Å². The number of nitrogens with zero attached hydrogens (tertiary/aromatic N) is 1. The van der Waals surface area contributed by atoms with Crippen LogP contribution in [0.25, 0.3) is 32.8 Å². The number of aromatic carboxylic acids is 1. The van der Waals surface area contributed by atoms with E-state index in [4.69, 9.17) is 0 Å². The summed E-state index contributed by atoms with van der Waals surface area (Å²) in [6.07, 6.45) is 3.58.